The van der Waals surface area contributed by atoms with Gasteiger partial charge in [-0.2, -0.15) is 0 Å². The third-order valence-electron chi connectivity index (χ3n) is 3.53. The Morgan fingerprint density at radius 1 is 1.10 bits per heavy atom. The van der Waals surface area contributed by atoms with Gasteiger partial charge in [-0.25, -0.2) is 0 Å². The van der Waals surface area contributed by atoms with Gasteiger partial charge in [-0.1, -0.05) is 35.9 Å². The van der Waals surface area contributed by atoms with Gasteiger partial charge in [-0.3, -0.25) is 4.79 Å². The van der Waals surface area contributed by atoms with Gasteiger partial charge in [0.05, 0.1) is 6.42 Å². The van der Waals surface area contributed by atoms with Gasteiger partial charge in [0.15, 0.2) is 0 Å². The maximum absolute atomic E-state index is 11.0. The number of nitrogens with zero attached hydrogens (tertiary/aromatic N) is 1. The monoisotopic (exact) mass is 299 g/mol. The summed E-state index contributed by atoms with van der Waals surface area (Å²) in [6.45, 7) is 0.647. The highest BCUT2D eigenvalue weighted by Crippen LogP contribution is 2.22. The first-order chi connectivity index (χ1) is 10.1. The summed E-state index contributed by atoms with van der Waals surface area (Å²) >= 11 is 6.00. The van der Waals surface area contributed by atoms with Gasteiger partial charge in [-0.15, -0.1) is 0 Å². The van der Waals surface area contributed by atoms with Crippen LogP contribution < -0.4 is 0 Å². The van der Waals surface area contributed by atoms with Crippen LogP contribution in [0, 0.1) is 0 Å². The fourth-order valence-electron chi connectivity index (χ4n) is 2.54. The second-order valence-corrected chi connectivity index (χ2v) is 5.42. The van der Waals surface area contributed by atoms with Crippen molar-refractivity contribution in [3.63, 3.8) is 0 Å². The minimum Gasteiger partial charge on any atom is -0.481 e. The number of halogens is 1. The van der Waals surface area contributed by atoms with Crippen LogP contribution in [0.3, 0.4) is 0 Å². The van der Waals surface area contributed by atoms with Gasteiger partial charge in [-0.05, 0) is 35.4 Å². The highest BCUT2D eigenvalue weighted by Gasteiger charge is 2.08. The fourth-order valence-corrected chi connectivity index (χ4v) is 2.72. The summed E-state index contributed by atoms with van der Waals surface area (Å²) in [6.07, 6.45) is 2.04. The minimum atomic E-state index is -0.813. The van der Waals surface area contributed by atoms with Crippen LogP contribution in [0.25, 0.3) is 10.9 Å². The van der Waals surface area contributed by atoms with Crippen LogP contribution >= 0.6 is 11.6 Å². The Kier molecular flexibility index (Phi) is 3.67. The van der Waals surface area contributed by atoms with Crippen LogP contribution in [0.2, 0.25) is 5.02 Å². The van der Waals surface area contributed by atoms with Crippen molar-refractivity contribution in [3.05, 3.63) is 70.9 Å². The predicted molar refractivity (Wildman–Crippen MR) is 83.8 cm³/mol. The topological polar surface area (TPSA) is 42.2 Å². The van der Waals surface area contributed by atoms with Crippen molar-refractivity contribution in [1.82, 2.24) is 4.57 Å². The largest absolute Gasteiger partial charge is 0.481 e. The molecule has 0 unspecified atom stereocenters. The van der Waals surface area contributed by atoms with Gasteiger partial charge >= 0.3 is 5.97 Å². The zero-order valence-corrected chi connectivity index (χ0v) is 12.0. The van der Waals surface area contributed by atoms with Gasteiger partial charge in [0.1, 0.15) is 0 Å². The molecular weight excluding hydrogens is 286 g/mol. The van der Waals surface area contributed by atoms with E-state index in [1.165, 1.54) is 0 Å². The first kappa shape index (κ1) is 13.7. The average molecular weight is 300 g/mol. The summed E-state index contributed by atoms with van der Waals surface area (Å²) in [4.78, 5) is 11.0. The molecule has 0 bridgehead atoms. The first-order valence-corrected chi connectivity index (χ1v) is 7.04. The van der Waals surface area contributed by atoms with Crippen LogP contribution in [0.1, 0.15) is 11.1 Å². The smallest absolute Gasteiger partial charge is 0.307 e. The van der Waals surface area contributed by atoms with Crippen molar-refractivity contribution >= 4 is 28.5 Å². The number of aliphatic carboxylic acids is 1. The summed E-state index contributed by atoms with van der Waals surface area (Å²) < 4.78 is 2.10. The molecule has 106 valence electrons. The van der Waals surface area contributed by atoms with Crippen molar-refractivity contribution in [3.8, 4) is 0 Å². The van der Waals surface area contributed by atoms with Crippen LogP contribution in [0.15, 0.2) is 54.7 Å². The third kappa shape index (κ3) is 2.93. The van der Waals surface area contributed by atoms with Gasteiger partial charge in [0, 0.05) is 28.7 Å². The molecule has 21 heavy (non-hydrogen) atoms. The zero-order valence-electron chi connectivity index (χ0n) is 11.3. The van der Waals surface area contributed by atoms with E-state index in [2.05, 4.69) is 4.57 Å². The number of aromatic nitrogens is 1. The Balaban J connectivity index is 1.97. The van der Waals surface area contributed by atoms with E-state index in [0.29, 0.717) is 11.6 Å². The number of rotatable bonds is 4. The van der Waals surface area contributed by atoms with E-state index in [9.17, 15) is 4.79 Å². The maximum Gasteiger partial charge on any atom is 0.307 e. The molecule has 0 atom stereocenters. The predicted octanol–water partition coefficient (Wildman–Crippen LogP) is 3.97. The molecular formula is C17H14ClNO2. The molecule has 0 radical (unpaired) electrons. The number of hydrogen-bond acceptors (Lipinski definition) is 1. The first-order valence-electron chi connectivity index (χ1n) is 6.66. The second-order valence-electron chi connectivity index (χ2n) is 4.99. The van der Waals surface area contributed by atoms with Crippen molar-refractivity contribution in [1.29, 1.82) is 0 Å². The quantitative estimate of drug-likeness (QED) is 0.792. The van der Waals surface area contributed by atoms with E-state index in [1.54, 1.807) is 0 Å². The Labute approximate surface area is 127 Å². The molecule has 0 amide bonds. The number of hydrogen-bond donors (Lipinski definition) is 1. The fraction of sp³-hybridized carbons (Fsp3) is 0.118. The molecule has 3 nitrogen and oxygen atoms in total. The number of carboxylic acid groups (broad SMARTS) is 1. The second kappa shape index (κ2) is 5.62. The SMILES string of the molecule is O=C(O)Cc1ccccc1Cn1ccc2cc(Cl)ccc21. The Hall–Kier alpha value is -2.26. The van der Waals surface area contributed by atoms with Crippen molar-refractivity contribution in [2.45, 2.75) is 13.0 Å². The van der Waals surface area contributed by atoms with Crippen molar-refractivity contribution < 1.29 is 9.90 Å². The standard InChI is InChI=1S/C17H14ClNO2/c18-15-5-6-16-13(9-15)7-8-19(16)11-14-4-2-1-3-12(14)10-17(20)21/h1-9H,10-11H2,(H,20,21). The molecule has 1 N–H and O–H groups in total. The zero-order chi connectivity index (χ0) is 14.8. The normalized spacial score (nSPS) is 10.9. The van der Waals surface area contributed by atoms with Gasteiger partial charge in [0.25, 0.3) is 0 Å². The highest BCUT2D eigenvalue weighted by atomic mass is 35.5. The van der Waals surface area contributed by atoms with E-state index in [1.807, 2.05) is 54.7 Å². The lowest BCUT2D eigenvalue weighted by molar-refractivity contribution is -0.136. The molecule has 1 heterocycles. The molecule has 2 aromatic carbocycles. The van der Waals surface area contributed by atoms with E-state index in [-0.39, 0.29) is 6.42 Å². The van der Waals surface area contributed by atoms with E-state index < -0.39 is 5.97 Å². The molecule has 0 saturated carbocycles. The molecule has 3 aromatic rings. The molecule has 0 aliphatic heterocycles. The van der Waals surface area contributed by atoms with E-state index in [4.69, 9.17) is 16.7 Å². The lowest BCUT2D eigenvalue weighted by atomic mass is 10.0. The van der Waals surface area contributed by atoms with E-state index in [0.717, 1.165) is 22.0 Å². The summed E-state index contributed by atoms with van der Waals surface area (Å²) in [7, 11) is 0. The summed E-state index contributed by atoms with van der Waals surface area (Å²) in [5.74, 6) is -0.813. The van der Waals surface area contributed by atoms with Crippen molar-refractivity contribution in [2.24, 2.45) is 0 Å². The minimum absolute atomic E-state index is 0.0429. The molecule has 0 fully saturated rings. The highest BCUT2D eigenvalue weighted by molar-refractivity contribution is 6.31. The number of carboxylic acids is 1. The lowest BCUT2D eigenvalue weighted by Gasteiger charge is -2.10. The lowest BCUT2D eigenvalue weighted by Crippen LogP contribution is -2.06. The number of benzene rings is 2. The van der Waals surface area contributed by atoms with E-state index >= 15 is 0 Å². The third-order valence-corrected chi connectivity index (χ3v) is 3.77. The van der Waals surface area contributed by atoms with Crippen LogP contribution in [0.5, 0.6) is 0 Å². The van der Waals surface area contributed by atoms with Gasteiger partial charge in [0.2, 0.25) is 0 Å². The maximum atomic E-state index is 11.0. The Bertz CT molecular complexity index is 807. The molecule has 0 aliphatic carbocycles. The van der Waals surface area contributed by atoms with Gasteiger partial charge < -0.3 is 9.67 Å². The number of fused-ring (bicyclic) bond motifs is 1. The molecule has 4 heteroatoms. The summed E-state index contributed by atoms with van der Waals surface area (Å²) in [5, 5.41) is 10.8. The Morgan fingerprint density at radius 3 is 2.62 bits per heavy atom. The summed E-state index contributed by atoms with van der Waals surface area (Å²) in [5.41, 5.74) is 2.96. The molecule has 0 spiro atoms. The molecule has 1 aromatic heterocycles. The average Bonchev–Trinajstić information content (AvgIpc) is 2.83. The number of carbonyl (C=O) groups is 1. The molecule has 0 aliphatic rings. The van der Waals surface area contributed by atoms with Crippen LogP contribution in [0.4, 0.5) is 0 Å². The molecule has 3 rings (SSSR count). The molecule has 0 saturated heterocycles. The van der Waals surface area contributed by atoms with Crippen LogP contribution in [-0.4, -0.2) is 15.6 Å². The Morgan fingerprint density at radius 2 is 1.86 bits per heavy atom. The van der Waals surface area contributed by atoms with Crippen molar-refractivity contribution in [2.75, 3.05) is 0 Å². The van der Waals surface area contributed by atoms with Crippen LogP contribution in [-0.2, 0) is 17.8 Å². The summed E-state index contributed by atoms with van der Waals surface area (Å²) in [6, 6.07) is 15.4.